The van der Waals surface area contributed by atoms with Crippen LogP contribution in [0, 0.1) is 0 Å². The number of hydrogen-bond donors (Lipinski definition) is 1. The molecule has 0 aliphatic rings. The van der Waals surface area contributed by atoms with Crippen LogP contribution in [-0.4, -0.2) is 28.2 Å². The number of anilines is 1. The summed E-state index contributed by atoms with van der Waals surface area (Å²) in [5, 5.41) is 7.21. The summed E-state index contributed by atoms with van der Waals surface area (Å²) in [6.07, 6.45) is 2.77. The second kappa shape index (κ2) is 4.30. The van der Waals surface area contributed by atoms with Crippen molar-refractivity contribution in [2.45, 2.75) is 5.03 Å². The molecule has 2 rings (SSSR count). The molecular formula is C8H8ClN5O2S. The maximum atomic E-state index is 11.8. The van der Waals surface area contributed by atoms with E-state index in [4.69, 9.17) is 11.6 Å². The molecule has 0 amide bonds. The first kappa shape index (κ1) is 11.8. The highest BCUT2D eigenvalue weighted by Gasteiger charge is 2.17. The number of hydrogen-bond acceptors (Lipinski definition) is 5. The number of aryl methyl sites for hydroxylation is 1. The third-order valence-electron chi connectivity index (χ3n) is 1.83. The van der Waals surface area contributed by atoms with Gasteiger partial charge in [-0.15, -0.1) is 10.2 Å². The maximum absolute atomic E-state index is 11.8. The Morgan fingerprint density at radius 3 is 2.65 bits per heavy atom. The Morgan fingerprint density at radius 2 is 2.12 bits per heavy atom. The second-order valence-corrected chi connectivity index (χ2v) is 5.24. The molecule has 90 valence electrons. The van der Waals surface area contributed by atoms with E-state index >= 15 is 0 Å². The number of aromatic nitrogens is 4. The molecule has 0 unspecified atom stereocenters. The largest absolute Gasteiger partial charge is 0.339 e. The van der Waals surface area contributed by atoms with E-state index in [1.165, 1.54) is 29.2 Å². The zero-order chi connectivity index (χ0) is 12.5. The lowest BCUT2D eigenvalue weighted by Gasteiger charge is -2.03. The van der Waals surface area contributed by atoms with Gasteiger partial charge in [0.05, 0.1) is 6.33 Å². The molecule has 0 aliphatic carbocycles. The molecule has 17 heavy (non-hydrogen) atoms. The Kier molecular flexibility index (Phi) is 2.99. The average Bonchev–Trinajstić information content (AvgIpc) is 2.69. The molecule has 0 spiro atoms. The van der Waals surface area contributed by atoms with Gasteiger partial charge >= 0.3 is 0 Å². The van der Waals surface area contributed by atoms with Crippen LogP contribution >= 0.6 is 11.6 Å². The summed E-state index contributed by atoms with van der Waals surface area (Å²) in [5.74, 6) is 0.0834. The van der Waals surface area contributed by atoms with Gasteiger partial charge in [0.1, 0.15) is 0 Å². The Bertz CT molecular complexity index is 622. The van der Waals surface area contributed by atoms with Crippen molar-refractivity contribution in [1.29, 1.82) is 0 Å². The van der Waals surface area contributed by atoms with Crippen LogP contribution in [0.4, 0.5) is 5.82 Å². The maximum Gasteiger partial charge on any atom is 0.282 e. The minimum absolute atomic E-state index is 0.0834. The fraction of sp³-hybridized carbons (Fsp3) is 0.125. The Hall–Kier alpha value is -1.67. The number of nitrogens with zero attached hydrogens (tertiary/aromatic N) is 4. The van der Waals surface area contributed by atoms with Crippen molar-refractivity contribution in [3.8, 4) is 0 Å². The van der Waals surface area contributed by atoms with E-state index in [2.05, 4.69) is 19.9 Å². The van der Waals surface area contributed by atoms with Crippen molar-refractivity contribution < 1.29 is 8.42 Å². The number of imidazole rings is 1. The van der Waals surface area contributed by atoms with Gasteiger partial charge in [0.15, 0.2) is 16.0 Å². The van der Waals surface area contributed by atoms with Crippen LogP contribution in [-0.2, 0) is 17.1 Å². The van der Waals surface area contributed by atoms with E-state index in [-0.39, 0.29) is 16.0 Å². The van der Waals surface area contributed by atoms with Crippen LogP contribution in [0.5, 0.6) is 0 Å². The van der Waals surface area contributed by atoms with Gasteiger partial charge in [-0.25, -0.2) is 4.98 Å². The molecule has 2 aromatic rings. The first-order valence-corrected chi connectivity index (χ1v) is 6.33. The smallest absolute Gasteiger partial charge is 0.282 e. The van der Waals surface area contributed by atoms with Gasteiger partial charge in [-0.3, -0.25) is 4.72 Å². The first-order chi connectivity index (χ1) is 7.97. The van der Waals surface area contributed by atoms with E-state index in [1.54, 1.807) is 7.05 Å². The highest BCUT2D eigenvalue weighted by atomic mass is 35.5. The van der Waals surface area contributed by atoms with Gasteiger partial charge in [0.2, 0.25) is 0 Å². The van der Waals surface area contributed by atoms with Gasteiger partial charge in [-0.2, -0.15) is 8.42 Å². The summed E-state index contributed by atoms with van der Waals surface area (Å²) >= 11 is 5.54. The minimum atomic E-state index is -3.73. The molecule has 9 heteroatoms. The molecule has 2 heterocycles. The summed E-state index contributed by atoms with van der Waals surface area (Å²) in [7, 11) is -2.06. The lowest BCUT2D eigenvalue weighted by molar-refractivity contribution is 0.598. The van der Waals surface area contributed by atoms with E-state index < -0.39 is 10.0 Å². The van der Waals surface area contributed by atoms with Crippen LogP contribution in [0.3, 0.4) is 0 Å². The topological polar surface area (TPSA) is 89.8 Å². The lowest BCUT2D eigenvalue weighted by atomic mass is 10.5. The monoisotopic (exact) mass is 273 g/mol. The molecule has 2 aromatic heterocycles. The molecule has 0 aromatic carbocycles. The molecule has 0 radical (unpaired) electrons. The summed E-state index contributed by atoms with van der Waals surface area (Å²) in [4.78, 5) is 3.74. The predicted octanol–water partition coefficient (Wildman–Crippen LogP) is 0.664. The van der Waals surface area contributed by atoms with E-state index in [1.807, 2.05) is 0 Å². The summed E-state index contributed by atoms with van der Waals surface area (Å²) in [5.41, 5.74) is 0. The highest BCUT2D eigenvalue weighted by molar-refractivity contribution is 7.92. The van der Waals surface area contributed by atoms with Crippen LogP contribution in [0.2, 0.25) is 5.15 Å². The lowest BCUT2D eigenvalue weighted by Crippen LogP contribution is -2.14. The number of halogens is 1. The molecule has 0 aliphatic heterocycles. The highest BCUT2D eigenvalue weighted by Crippen LogP contribution is 2.12. The third-order valence-corrected chi connectivity index (χ3v) is 3.27. The van der Waals surface area contributed by atoms with Gasteiger partial charge in [0, 0.05) is 13.2 Å². The molecular weight excluding hydrogens is 266 g/mol. The summed E-state index contributed by atoms with van der Waals surface area (Å²) in [6, 6.07) is 2.85. The molecule has 0 fully saturated rings. The van der Waals surface area contributed by atoms with Crippen LogP contribution < -0.4 is 4.72 Å². The zero-order valence-electron chi connectivity index (χ0n) is 8.70. The first-order valence-electron chi connectivity index (χ1n) is 4.47. The fourth-order valence-electron chi connectivity index (χ4n) is 1.09. The minimum Gasteiger partial charge on any atom is -0.339 e. The standard InChI is InChI=1S/C8H8ClN5O2S/c1-14-4-8(10-5-14)17(15,16)13-7-3-2-6(9)11-12-7/h2-5H,1H3,(H,12,13). The number of rotatable bonds is 3. The molecule has 0 bridgehead atoms. The van der Waals surface area contributed by atoms with E-state index in [9.17, 15) is 8.42 Å². The second-order valence-electron chi connectivity index (χ2n) is 3.22. The Morgan fingerprint density at radius 1 is 1.35 bits per heavy atom. The van der Waals surface area contributed by atoms with Crippen LogP contribution in [0.1, 0.15) is 0 Å². The predicted molar refractivity (Wildman–Crippen MR) is 61.1 cm³/mol. The Labute approximate surface area is 103 Å². The molecule has 0 saturated carbocycles. The third kappa shape index (κ3) is 2.71. The fourth-order valence-corrected chi connectivity index (χ4v) is 2.17. The van der Waals surface area contributed by atoms with Gasteiger partial charge in [0.25, 0.3) is 10.0 Å². The van der Waals surface area contributed by atoms with Gasteiger partial charge in [-0.05, 0) is 12.1 Å². The number of nitrogens with one attached hydrogen (secondary N) is 1. The van der Waals surface area contributed by atoms with Crippen molar-refractivity contribution >= 4 is 27.4 Å². The van der Waals surface area contributed by atoms with Crippen molar-refractivity contribution in [3.63, 3.8) is 0 Å². The zero-order valence-corrected chi connectivity index (χ0v) is 10.3. The van der Waals surface area contributed by atoms with Crippen molar-refractivity contribution in [1.82, 2.24) is 19.7 Å². The van der Waals surface area contributed by atoms with Crippen LogP contribution in [0.15, 0.2) is 29.7 Å². The molecule has 7 nitrogen and oxygen atoms in total. The van der Waals surface area contributed by atoms with Crippen molar-refractivity contribution in [2.24, 2.45) is 7.05 Å². The normalized spacial score (nSPS) is 11.4. The quantitative estimate of drug-likeness (QED) is 0.887. The number of sulfonamides is 1. The SMILES string of the molecule is Cn1cnc(S(=O)(=O)Nc2ccc(Cl)nn2)c1. The molecule has 0 atom stereocenters. The Balaban J connectivity index is 2.26. The average molecular weight is 274 g/mol. The summed E-state index contributed by atoms with van der Waals surface area (Å²) < 4.78 is 27.4. The van der Waals surface area contributed by atoms with E-state index in [0.717, 1.165) is 0 Å². The molecule has 1 N–H and O–H groups in total. The van der Waals surface area contributed by atoms with Crippen LogP contribution in [0.25, 0.3) is 0 Å². The van der Waals surface area contributed by atoms with Gasteiger partial charge in [-0.1, -0.05) is 11.6 Å². The van der Waals surface area contributed by atoms with Crippen molar-refractivity contribution in [3.05, 3.63) is 29.8 Å². The molecule has 0 saturated heterocycles. The van der Waals surface area contributed by atoms with Crippen molar-refractivity contribution in [2.75, 3.05) is 4.72 Å². The van der Waals surface area contributed by atoms with Gasteiger partial charge < -0.3 is 4.57 Å². The van der Waals surface area contributed by atoms with E-state index in [0.29, 0.717) is 0 Å². The summed E-state index contributed by atoms with van der Waals surface area (Å²) in [6.45, 7) is 0.